The quantitative estimate of drug-likeness (QED) is 0.351. The van der Waals surface area contributed by atoms with Crippen LogP contribution in [-0.2, 0) is 16.0 Å². The van der Waals surface area contributed by atoms with Gasteiger partial charge >= 0.3 is 0 Å². The van der Waals surface area contributed by atoms with Crippen molar-refractivity contribution in [2.75, 3.05) is 19.8 Å². The van der Waals surface area contributed by atoms with Crippen molar-refractivity contribution in [3.63, 3.8) is 0 Å². The van der Waals surface area contributed by atoms with Crippen molar-refractivity contribution < 1.29 is 28.6 Å². The average Bonchev–Trinajstić information content (AvgIpc) is 3.12. The first-order valence-corrected chi connectivity index (χ1v) is 11.0. The molecule has 2 heterocycles. The number of aliphatic hydroxyl groups excluding tert-OH is 1. The van der Waals surface area contributed by atoms with Crippen LogP contribution < -0.4 is 9.47 Å². The van der Waals surface area contributed by atoms with Crippen molar-refractivity contribution in [2.45, 2.75) is 12.5 Å². The molecule has 5 rings (SSSR count). The number of fused-ring (bicyclic) bond motifs is 1. The van der Waals surface area contributed by atoms with Crippen LogP contribution in [0, 0.1) is 5.82 Å². The number of carbonyl (C=O) groups excluding carboxylic acids is 2. The molecular weight excluding hydrogens is 437 g/mol. The molecule has 0 aliphatic carbocycles. The number of rotatable bonds is 5. The third kappa shape index (κ3) is 3.90. The molecule has 3 aromatic rings. The number of halogens is 1. The van der Waals surface area contributed by atoms with Crippen LogP contribution in [0.5, 0.6) is 11.5 Å². The summed E-state index contributed by atoms with van der Waals surface area (Å²) >= 11 is 0. The Hall–Kier alpha value is -4.13. The fourth-order valence-corrected chi connectivity index (χ4v) is 4.37. The Morgan fingerprint density at radius 1 is 0.941 bits per heavy atom. The Morgan fingerprint density at radius 2 is 1.65 bits per heavy atom. The van der Waals surface area contributed by atoms with E-state index in [2.05, 4.69) is 0 Å². The van der Waals surface area contributed by atoms with Crippen molar-refractivity contribution in [3.8, 4) is 11.5 Å². The van der Waals surface area contributed by atoms with Crippen LogP contribution in [0.3, 0.4) is 0 Å². The van der Waals surface area contributed by atoms with E-state index in [1.807, 2.05) is 30.3 Å². The van der Waals surface area contributed by atoms with E-state index in [-0.39, 0.29) is 29.0 Å². The van der Waals surface area contributed by atoms with E-state index in [1.165, 1.54) is 23.1 Å². The number of carbonyl (C=O) groups is 2. The summed E-state index contributed by atoms with van der Waals surface area (Å²) in [5.41, 5.74) is 1.25. The van der Waals surface area contributed by atoms with E-state index in [9.17, 15) is 19.1 Å². The lowest BCUT2D eigenvalue weighted by Crippen LogP contribution is -2.32. The van der Waals surface area contributed by atoms with Crippen LogP contribution in [-0.4, -0.2) is 41.5 Å². The minimum absolute atomic E-state index is 0.147. The maximum absolute atomic E-state index is 14.9. The van der Waals surface area contributed by atoms with E-state index in [0.29, 0.717) is 31.1 Å². The molecular formula is C27H22FNO5. The molecule has 0 aromatic heterocycles. The summed E-state index contributed by atoms with van der Waals surface area (Å²) in [6.07, 6.45) is 0.475. The summed E-state index contributed by atoms with van der Waals surface area (Å²) in [4.78, 5) is 27.5. The predicted octanol–water partition coefficient (Wildman–Crippen LogP) is 4.26. The number of hydrogen-bond donors (Lipinski definition) is 1. The van der Waals surface area contributed by atoms with Crippen molar-refractivity contribution in [3.05, 3.63) is 101 Å². The number of amides is 1. The molecule has 0 unspecified atom stereocenters. The minimum atomic E-state index is -1.06. The summed E-state index contributed by atoms with van der Waals surface area (Å²) in [5.74, 6) is -1.62. The van der Waals surface area contributed by atoms with Gasteiger partial charge in [0, 0.05) is 17.7 Å². The molecule has 0 bridgehead atoms. The lowest BCUT2D eigenvalue weighted by molar-refractivity contribution is -0.139. The third-order valence-corrected chi connectivity index (χ3v) is 6.04. The fraction of sp³-hybridized carbons (Fsp3) is 0.185. The molecule has 1 amide bonds. The maximum atomic E-state index is 14.9. The highest BCUT2D eigenvalue weighted by atomic mass is 19.1. The SMILES string of the molecule is O=C1C(=O)N(CCc2ccccc2)[C@@H](c2ccccc2F)C1=C(O)c1ccc2c(c1)OCCO2. The number of benzene rings is 3. The van der Waals surface area contributed by atoms with Gasteiger partial charge in [-0.2, -0.15) is 0 Å². The van der Waals surface area contributed by atoms with Gasteiger partial charge in [0.1, 0.15) is 24.8 Å². The normalized spacial score (nSPS) is 18.9. The van der Waals surface area contributed by atoms with Gasteiger partial charge in [-0.25, -0.2) is 4.39 Å². The van der Waals surface area contributed by atoms with Gasteiger partial charge in [-0.15, -0.1) is 0 Å². The Labute approximate surface area is 195 Å². The molecule has 34 heavy (non-hydrogen) atoms. The van der Waals surface area contributed by atoms with Crippen LogP contribution in [0.1, 0.15) is 22.7 Å². The molecule has 0 saturated carbocycles. The number of ether oxygens (including phenoxy) is 2. The number of Topliss-reactive ketones (excluding diaryl/α,β-unsaturated/α-hetero) is 1. The molecule has 3 aromatic carbocycles. The van der Waals surface area contributed by atoms with Gasteiger partial charge in [0.2, 0.25) is 0 Å². The molecule has 2 aliphatic heterocycles. The lowest BCUT2D eigenvalue weighted by atomic mass is 9.94. The molecule has 2 aliphatic rings. The van der Waals surface area contributed by atoms with Crippen LogP contribution >= 0.6 is 0 Å². The van der Waals surface area contributed by atoms with Gasteiger partial charge in [0.15, 0.2) is 11.5 Å². The lowest BCUT2D eigenvalue weighted by Gasteiger charge is -2.26. The van der Waals surface area contributed by atoms with Crippen molar-refractivity contribution in [1.29, 1.82) is 0 Å². The van der Waals surface area contributed by atoms with Gasteiger partial charge in [0.25, 0.3) is 11.7 Å². The minimum Gasteiger partial charge on any atom is -0.507 e. The number of hydrogen-bond acceptors (Lipinski definition) is 5. The highest BCUT2D eigenvalue weighted by Crippen LogP contribution is 2.41. The first-order chi connectivity index (χ1) is 16.5. The zero-order valence-corrected chi connectivity index (χ0v) is 18.2. The molecule has 6 nitrogen and oxygen atoms in total. The molecule has 0 spiro atoms. The first kappa shape index (κ1) is 21.7. The topological polar surface area (TPSA) is 76.1 Å². The van der Waals surface area contributed by atoms with E-state index in [0.717, 1.165) is 5.56 Å². The van der Waals surface area contributed by atoms with Crippen molar-refractivity contribution >= 4 is 17.4 Å². The summed E-state index contributed by atoms with van der Waals surface area (Å²) < 4.78 is 26.0. The second kappa shape index (κ2) is 9.02. The highest BCUT2D eigenvalue weighted by Gasteiger charge is 2.46. The second-order valence-electron chi connectivity index (χ2n) is 8.11. The molecule has 1 N–H and O–H groups in total. The Balaban J connectivity index is 1.59. The third-order valence-electron chi connectivity index (χ3n) is 6.04. The number of likely N-dealkylation sites (tertiary alicyclic amines) is 1. The van der Waals surface area contributed by atoms with E-state index in [1.54, 1.807) is 24.3 Å². The van der Waals surface area contributed by atoms with E-state index in [4.69, 9.17) is 9.47 Å². The predicted molar refractivity (Wildman–Crippen MR) is 123 cm³/mol. The summed E-state index contributed by atoms with van der Waals surface area (Å²) in [5, 5.41) is 11.2. The number of aliphatic hydroxyl groups is 1. The number of nitrogens with zero attached hydrogens (tertiary/aromatic N) is 1. The fourth-order valence-electron chi connectivity index (χ4n) is 4.37. The molecule has 1 saturated heterocycles. The first-order valence-electron chi connectivity index (χ1n) is 11.0. The Kier molecular flexibility index (Phi) is 5.76. The van der Waals surface area contributed by atoms with Crippen LogP contribution in [0.15, 0.2) is 78.4 Å². The van der Waals surface area contributed by atoms with Gasteiger partial charge in [-0.3, -0.25) is 9.59 Å². The van der Waals surface area contributed by atoms with Gasteiger partial charge < -0.3 is 19.5 Å². The van der Waals surface area contributed by atoms with Crippen LogP contribution in [0.4, 0.5) is 4.39 Å². The Bertz CT molecular complexity index is 1290. The monoisotopic (exact) mass is 459 g/mol. The van der Waals surface area contributed by atoms with E-state index >= 15 is 0 Å². The molecule has 1 fully saturated rings. The summed E-state index contributed by atoms with van der Waals surface area (Å²) in [6.45, 7) is 0.958. The smallest absolute Gasteiger partial charge is 0.295 e. The van der Waals surface area contributed by atoms with Crippen molar-refractivity contribution in [1.82, 2.24) is 4.90 Å². The summed E-state index contributed by atoms with van der Waals surface area (Å²) in [6, 6.07) is 19.2. The maximum Gasteiger partial charge on any atom is 0.295 e. The van der Waals surface area contributed by atoms with Gasteiger partial charge in [0.05, 0.1) is 11.6 Å². The second-order valence-corrected chi connectivity index (χ2v) is 8.11. The molecule has 7 heteroatoms. The Morgan fingerprint density at radius 3 is 2.41 bits per heavy atom. The zero-order valence-electron chi connectivity index (χ0n) is 18.2. The van der Waals surface area contributed by atoms with Crippen molar-refractivity contribution in [2.24, 2.45) is 0 Å². The largest absolute Gasteiger partial charge is 0.507 e. The highest BCUT2D eigenvalue weighted by molar-refractivity contribution is 6.46. The van der Waals surface area contributed by atoms with Gasteiger partial charge in [-0.05, 0) is 36.2 Å². The average molecular weight is 459 g/mol. The zero-order chi connectivity index (χ0) is 23.7. The van der Waals surface area contributed by atoms with E-state index < -0.39 is 23.5 Å². The standard InChI is InChI=1S/C27H22FNO5/c28-20-9-5-4-8-19(20)24-23(25(30)18-10-11-21-22(16-18)34-15-14-33-21)26(31)27(32)29(24)13-12-17-6-2-1-3-7-17/h1-11,16,24,30H,12-15H2/t24-/m0/s1. The molecule has 172 valence electrons. The van der Waals surface area contributed by atoms with Crippen LogP contribution in [0.2, 0.25) is 0 Å². The summed E-state index contributed by atoms with van der Waals surface area (Å²) in [7, 11) is 0. The molecule has 0 radical (unpaired) electrons. The number of ketones is 1. The molecule has 1 atom stereocenters. The van der Waals surface area contributed by atoms with Crippen LogP contribution in [0.25, 0.3) is 5.76 Å². The van der Waals surface area contributed by atoms with Gasteiger partial charge in [-0.1, -0.05) is 48.5 Å².